The summed E-state index contributed by atoms with van der Waals surface area (Å²) in [5, 5.41) is 0. The minimum absolute atomic E-state index is 0.0618. The first-order valence-corrected chi connectivity index (χ1v) is 26.5. The summed E-state index contributed by atoms with van der Waals surface area (Å²) in [6.45, 7) is 6.68. The molecule has 0 aliphatic carbocycles. The van der Waals surface area contributed by atoms with Crippen molar-refractivity contribution in [3.05, 3.63) is 0 Å². The van der Waals surface area contributed by atoms with Crippen LogP contribution in [0.4, 0.5) is 0 Å². The molecular formula is C53H102O6. The van der Waals surface area contributed by atoms with Crippen LogP contribution in [0.25, 0.3) is 0 Å². The zero-order chi connectivity index (χ0) is 43.0. The van der Waals surface area contributed by atoms with Gasteiger partial charge in [-0.25, -0.2) is 0 Å². The minimum Gasteiger partial charge on any atom is -0.462 e. The number of ether oxygens (including phenoxy) is 3. The van der Waals surface area contributed by atoms with Gasteiger partial charge in [0.25, 0.3) is 0 Å². The first-order valence-electron chi connectivity index (χ1n) is 26.5. The van der Waals surface area contributed by atoms with Gasteiger partial charge in [0, 0.05) is 19.3 Å². The molecule has 0 aliphatic rings. The van der Waals surface area contributed by atoms with Crippen molar-refractivity contribution in [3.63, 3.8) is 0 Å². The summed E-state index contributed by atoms with van der Waals surface area (Å²) >= 11 is 0. The molecule has 0 unspecified atom stereocenters. The van der Waals surface area contributed by atoms with Gasteiger partial charge in [-0.1, -0.05) is 265 Å². The fourth-order valence-corrected chi connectivity index (χ4v) is 8.09. The monoisotopic (exact) mass is 835 g/mol. The van der Waals surface area contributed by atoms with Crippen LogP contribution in [0.2, 0.25) is 0 Å². The van der Waals surface area contributed by atoms with E-state index in [4.69, 9.17) is 14.2 Å². The number of carbonyl (C=O) groups is 3. The quantitative estimate of drug-likeness (QED) is 0.0345. The molecule has 0 aromatic heterocycles. The van der Waals surface area contributed by atoms with Gasteiger partial charge in [0.1, 0.15) is 13.2 Å². The summed E-state index contributed by atoms with van der Waals surface area (Å²) in [5.41, 5.74) is 0. The molecule has 0 rings (SSSR count). The van der Waals surface area contributed by atoms with Gasteiger partial charge in [0.15, 0.2) is 6.10 Å². The van der Waals surface area contributed by atoms with Crippen molar-refractivity contribution < 1.29 is 28.6 Å². The van der Waals surface area contributed by atoms with E-state index in [-0.39, 0.29) is 31.1 Å². The maximum Gasteiger partial charge on any atom is 0.306 e. The van der Waals surface area contributed by atoms with Crippen LogP contribution < -0.4 is 0 Å². The van der Waals surface area contributed by atoms with Crippen molar-refractivity contribution >= 4 is 17.9 Å². The van der Waals surface area contributed by atoms with Crippen molar-refractivity contribution in [2.45, 2.75) is 309 Å². The largest absolute Gasteiger partial charge is 0.462 e. The predicted molar refractivity (Wildman–Crippen MR) is 252 cm³/mol. The second-order valence-electron chi connectivity index (χ2n) is 18.2. The van der Waals surface area contributed by atoms with Gasteiger partial charge in [0.05, 0.1) is 0 Å². The topological polar surface area (TPSA) is 78.9 Å². The highest BCUT2D eigenvalue weighted by Gasteiger charge is 2.19. The van der Waals surface area contributed by atoms with E-state index in [1.165, 1.54) is 205 Å². The van der Waals surface area contributed by atoms with Crippen LogP contribution >= 0.6 is 0 Å². The van der Waals surface area contributed by atoms with E-state index in [1.54, 1.807) is 0 Å². The summed E-state index contributed by atoms with van der Waals surface area (Å²) in [6, 6.07) is 0. The minimum atomic E-state index is -0.759. The molecule has 0 aromatic rings. The standard InChI is InChI=1S/C53H102O6/c1-4-7-10-13-16-19-22-24-25-26-27-28-29-32-35-38-41-44-47-53(56)59-50(48-57-51(54)45-42-39-36-33-30-21-18-15-12-9-6-3)49-58-52(55)46-43-40-37-34-31-23-20-17-14-11-8-5-2/h50H,4-49H2,1-3H3/t50-/m0/s1. The van der Waals surface area contributed by atoms with Gasteiger partial charge in [-0.2, -0.15) is 0 Å². The van der Waals surface area contributed by atoms with Crippen LogP contribution in [-0.2, 0) is 28.6 Å². The molecule has 0 N–H and O–H groups in total. The van der Waals surface area contributed by atoms with E-state index in [1.807, 2.05) is 0 Å². The summed E-state index contributed by atoms with van der Waals surface area (Å²) in [4.78, 5) is 37.9. The first kappa shape index (κ1) is 57.4. The van der Waals surface area contributed by atoms with Gasteiger partial charge >= 0.3 is 17.9 Å². The zero-order valence-corrected chi connectivity index (χ0v) is 40.1. The number of rotatable bonds is 49. The molecule has 0 aliphatic heterocycles. The third-order valence-corrected chi connectivity index (χ3v) is 12.1. The molecule has 0 saturated carbocycles. The number of esters is 3. The lowest BCUT2D eigenvalue weighted by Gasteiger charge is -2.18. The Labute approximate surface area is 368 Å². The molecule has 0 heterocycles. The van der Waals surface area contributed by atoms with E-state index in [0.29, 0.717) is 19.3 Å². The van der Waals surface area contributed by atoms with E-state index in [0.717, 1.165) is 57.8 Å². The van der Waals surface area contributed by atoms with Gasteiger partial charge in [-0.3, -0.25) is 14.4 Å². The molecule has 6 heteroatoms. The smallest absolute Gasteiger partial charge is 0.306 e. The van der Waals surface area contributed by atoms with Gasteiger partial charge < -0.3 is 14.2 Å². The second-order valence-corrected chi connectivity index (χ2v) is 18.2. The third-order valence-electron chi connectivity index (χ3n) is 12.1. The Hall–Kier alpha value is -1.59. The lowest BCUT2D eigenvalue weighted by molar-refractivity contribution is -0.167. The molecule has 59 heavy (non-hydrogen) atoms. The number of unbranched alkanes of at least 4 members (excludes halogenated alkanes) is 38. The van der Waals surface area contributed by atoms with Crippen molar-refractivity contribution in [3.8, 4) is 0 Å². The Balaban J connectivity index is 4.26. The highest BCUT2D eigenvalue weighted by atomic mass is 16.6. The van der Waals surface area contributed by atoms with Crippen LogP contribution in [0, 0.1) is 0 Å². The molecular weight excluding hydrogens is 733 g/mol. The number of hydrogen-bond acceptors (Lipinski definition) is 6. The Kier molecular flexibility index (Phi) is 47.7. The highest BCUT2D eigenvalue weighted by Crippen LogP contribution is 2.17. The molecule has 0 amide bonds. The second kappa shape index (κ2) is 49.1. The predicted octanol–water partition coefficient (Wildman–Crippen LogP) is 17.2. The molecule has 0 saturated heterocycles. The van der Waals surface area contributed by atoms with Crippen LogP contribution in [0.5, 0.6) is 0 Å². The molecule has 350 valence electrons. The maximum atomic E-state index is 12.8. The SMILES string of the molecule is CCCCCCCCCCCCCCCCCCCCC(=O)O[C@@H](COC(=O)CCCCCCCCCCCCC)COC(=O)CCCCCCCCCCCCCC. The summed E-state index contributed by atoms with van der Waals surface area (Å²) in [5.74, 6) is -0.841. The summed E-state index contributed by atoms with van der Waals surface area (Å²) in [6.07, 6.45) is 52.3. The van der Waals surface area contributed by atoms with Gasteiger partial charge in [0.2, 0.25) is 0 Å². The Bertz CT molecular complexity index is 874. The van der Waals surface area contributed by atoms with Crippen LogP contribution in [0.1, 0.15) is 303 Å². The Morgan fingerprint density at radius 1 is 0.271 bits per heavy atom. The molecule has 0 radical (unpaired) electrons. The van der Waals surface area contributed by atoms with Crippen molar-refractivity contribution in [1.29, 1.82) is 0 Å². The van der Waals surface area contributed by atoms with Crippen LogP contribution in [0.15, 0.2) is 0 Å². The van der Waals surface area contributed by atoms with Crippen LogP contribution in [-0.4, -0.2) is 37.2 Å². The van der Waals surface area contributed by atoms with Crippen LogP contribution in [0.3, 0.4) is 0 Å². The lowest BCUT2D eigenvalue weighted by Crippen LogP contribution is -2.30. The zero-order valence-electron chi connectivity index (χ0n) is 40.1. The first-order chi connectivity index (χ1) is 29.0. The summed E-state index contributed by atoms with van der Waals surface area (Å²) in [7, 11) is 0. The molecule has 0 fully saturated rings. The molecule has 0 aromatic carbocycles. The Morgan fingerprint density at radius 3 is 0.678 bits per heavy atom. The van der Waals surface area contributed by atoms with E-state index in [2.05, 4.69) is 20.8 Å². The molecule has 0 bridgehead atoms. The van der Waals surface area contributed by atoms with Gasteiger partial charge in [-0.05, 0) is 19.3 Å². The highest BCUT2D eigenvalue weighted by molar-refractivity contribution is 5.71. The van der Waals surface area contributed by atoms with Crippen molar-refractivity contribution in [2.24, 2.45) is 0 Å². The molecule has 6 nitrogen and oxygen atoms in total. The molecule has 1 atom stereocenters. The van der Waals surface area contributed by atoms with E-state index >= 15 is 0 Å². The lowest BCUT2D eigenvalue weighted by atomic mass is 10.0. The number of hydrogen-bond donors (Lipinski definition) is 0. The van der Waals surface area contributed by atoms with E-state index in [9.17, 15) is 14.4 Å². The molecule has 0 spiro atoms. The third kappa shape index (κ3) is 47.3. The Morgan fingerprint density at radius 2 is 0.458 bits per heavy atom. The average molecular weight is 835 g/mol. The van der Waals surface area contributed by atoms with Crippen molar-refractivity contribution in [1.82, 2.24) is 0 Å². The van der Waals surface area contributed by atoms with E-state index < -0.39 is 6.10 Å². The van der Waals surface area contributed by atoms with Crippen molar-refractivity contribution in [2.75, 3.05) is 13.2 Å². The normalized spacial score (nSPS) is 11.8. The fourth-order valence-electron chi connectivity index (χ4n) is 8.09. The number of carbonyl (C=O) groups excluding carboxylic acids is 3. The fraction of sp³-hybridized carbons (Fsp3) is 0.943. The van der Waals surface area contributed by atoms with Gasteiger partial charge in [-0.15, -0.1) is 0 Å². The summed E-state index contributed by atoms with van der Waals surface area (Å²) < 4.78 is 16.8. The average Bonchev–Trinajstić information content (AvgIpc) is 3.23. The maximum absolute atomic E-state index is 12.8.